The predicted octanol–water partition coefficient (Wildman–Crippen LogP) is 4.15. The van der Waals surface area contributed by atoms with Gasteiger partial charge in [0.1, 0.15) is 13.2 Å². The fraction of sp³-hybridized carbons (Fsp3) is 0.500. The maximum absolute atomic E-state index is 12.7. The summed E-state index contributed by atoms with van der Waals surface area (Å²) in [4.78, 5) is 12.7. The second-order valence-electron chi connectivity index (χ2n) is 7.53. The van der Waals surface area contributed by atoms with Gasteiger partial charge in [0, 0.05) is 19.6 Å². The zero-order valence-corrected chi connectivity index (χ0v) is 17.6. The molecule has 0 aliphatic heterocycles. The Bertz CT molecular complexity index is 807. The molecule has 0 spiro atoms. The smallest absolute Gasteiger partial charge is 0.316 e. The van der Waals surface area contributed by atoms with E-state index in [1.54, 1.807) is 14.2 Å². The Morgan fingerprint density at radius 2 is 1.57 bits per heavy atom. The number of esters is 1. The molecule has 0 aliphatic carbocycles. The third-order valence-corrected chi connectivity index (χ3v) is 4.13. The topological polar surface area (TPSA) is 63.2 Å². The number of rotatable bonds is 9. The summed E-state index contributed by atoms with van der Waals surface area (Å²) in [7, 11) is 3.21. The van der Waals surface area contributed by atoms with Crippen molar-refractivity contribution in [3.63, 3.8) is 0 Å². The molecule has 2 aromatic rings. The molecule has 2 rings (SSSR count). The van der Waals surface area contributed by atoms with E-state index < -0.39 is 5.41 Å². The van der Waals surface area contributed by atoms with Crippen LogP contribution in [0.4, 0.5) is 0 Å². The van der Waals surface area contributed by atoms with Crippen molar-refractivity contribution >= 4 is 16.7 Å². The van der Waals surface area contributed by atoms with Gasteiger partial charge in [-0.05, 0) is 44.7 Å². The van der Waals surface area contributed by atoms with Crippen molar-refractivity contribution in [3.8, 4) is 17.2 Å². The van der Waals surface area contributed by atoms with Crippen LogP contribution in [0, 0.1) is 12.3 Å². The average Bonchev–Trinajstić information content (AvgIpc) is 2.63. The van der Waals surface area contributed by atoms with Crippen LogP contribution in [0.5, 0.6) is 17.2 Å². The van der Waals surface area contributed by atoms with Gasteiger partial charge in [-0.15, -0.1) is 0 Å². The quantitative estimate of drug-likeness (QED) is 0.364. The zero-order chi connectivity index (χ0) is 20.7. The molecular weight excluding hydrogens is 360 g/mol. The number of fused-ring (bicyclic) bond motifs is 1. The number of carbonyl (C=O) groups excluding carboxylic acids is 1. The summed E-state index contributed by atoms with van der Waals surface area (Å²) in [6.07, 6.45) is 0. The fourth-order valence-electron chi connectivity index (χ4n) is 2.60. The SMILES string of the molecule is COCCOc1cc2cccc(C)c2c(OC(=O)C(C)(C)C)c1OCCOC. The first-order valence-corrected chi connectivity index (χ1v) is 9.31. The number of benzene rings is 2. The largest absolute Gasteiger partial charge is 0.487 e. The van der Waals surface area contributed by atoms with Gasteiger partial charge >= 0.3 is 5.97 Å². The molecule has 0 saturated heterocycles. The van der Waals surface area contributed by atoms with Crippen LogP contribution < -0.4 is 14.2 Å². The Hall–Kier alpha value is -2.31. The molecule has 6 heteroatoms. The van der Waals surface area contributed by atoms with Crippen molar-refractivity contribution in [2.24, 2.45) is 5.41 Å². The summed E-state index contributed by atoms with van der Waals surface area (Å²) >= 11 is 0. The summed E-state index contributed by atoms with van der Waals surface area (Å²) in [5, 5.41) is 1.73. The van der Waals surface area contributed by atoms with Gasteiger partial charge in [0.25, 0.3) is 0 Å². The molecule has 0 saturated carbocycles. The number of ether oxygens (including phenoxy) is 5. The van der Waals surface area contributed by atoms with Crippen molar-refractivity contribution in [1.82, 2.24) is 0 Å². The summed E-state index contributed by atoms with van der Waals surface area (Å²) in [5.41, 5.74) is 0.320. The Morgan fingerprint density at radius 1 is 0.929 bits per heavy atom. The zero-order valence-electron chi connectivity index (χ0n) is 17.6. The summed E-state index contributed by atoms with van der Waals surface area (Å²) < 4.78 is 27.9. The standard InChI is InChI=1S/C22H30O6/c1-15-8-7-9-16-14-17(26-12-10-24-5)19(27-13-11-25-6)20(18(15)16)28-21(23)22(2,3)4/h7-9,14H,10-13H2,1-6H3. The molecular formula is C22H30O6. The molecule has 2 aromatic carbocycles. The molecule has 0 amide bonds. The van der Waals surface area contributed by atoms with Gasteiger partial charge in [-0.25, -0.2) is 0 Å². The molecule has 0 aromatic heterocycles. The van der Waals surface area contributed by atoms with E-state index in [-0.39, 0.29) is 5.97 Å². The third kappa shape index (κ3) is 5.36. The van der Waals surface area contributed by atoms with Gasteiger partial charge in [0.15, 0.2) is 11.5 Å². The molecule has 0 radical (unpaired) electrons. The Balaban J connectivity index is 2.62. The van der Waals surface area contributed by atoms with Gasteiger partial charge in [0.2, 0.25) is 5.75 Å². The molecule has 6 nitrogen and oxygen atoms in total. The summed E-state index contributed by atoms with van der Waals surface area (Å²) in [6, 6.07) is 7.78. The lowest BCUT2D eigenvalue weighted by Gasteiger charge is -2.22. The molecule has 0 atom stereocenters. The van der Waals surface area contributed by atoms with Crippen molar-refractivity contribution in [1.29, 1.82) is 0 Å². The Morgan fingerprint density at radius 3 is 2.18 bits per heavy atom. The van der Waals surface area contributed by atoms with Gasteiger partial charge in [0.05, 0.1) is 18.6 Å². The first-order chi connectivity index (χ1) is 13.3. The normalized spacial score (nSPS) is 11.5. The van der Waals surface area contributed by atoms with Crippen LogP contribution in [-0.2, 0) is 14.3 Å². The van der Waals surface area contributed by atoms with E-state index in [9.17, 15) is 4.79 Å². The van der Waals surface area contributed by atoms with Gasteiger partial charge in [-0.2, -0.15) is 0 Å². The van der Waals surface area contributed by atoms with Crippen molar-refractivity contribution < 1.29 is 28.5 Å². The maximum Gasteiger partial charge on any atom is 0.316 e. The second kappa shape index (κ2) is 9.75. The van der Waals surface area contributed by atoms with Gasteiger partial charge < -0.3 is 23.7 Å². The maximum atomic E-state index is 12.7. The molecule has 0 heterocycles. The molecule has 0 fully saturated rings. The third-order valence-electron chi connectivity index (χ3n) is 4.13. The fourth-order valence-corrected chi connectivity index (χ4v) is 2.60. The van der Waals surface area contributed by atoms with E-state index >= 15 is 0 Å². The van der Waals surface area contributed by atoms with Crippen molar-refractivity contribution in [3.05, 3.63) is 29.8 Å². The van der Waals surface area contributed by atoms with Crippen molar-refractivity contribution in [2.75, 3.05) is 40.6 Å². The van der Waals surface area contributed by atoms with Crippen LogP contribution in [0.2, 0.25) is 0 Å². The van der Waals surface area contributed by atoms with E-state index in [0.29, 0.717) is 43.7 Å². The lowest BCUT2D eigenvalue weighted by atomic mass is 9.97. The predicted molar refractivity (Wildman–Crippen MR) is 109 cm³/mol. The van der Waals surface area contributed by atoms with E-state index in [2.05, 4.69) is 0 Å². The van der Waals surface area contributed by atoms with Crippen LogP contribution in [-0.4, -0.2) is 46.6 Å². The minimum Gasteiger partial charge on any atom is -0.487 e. The molecule has 154 valence electrons. The second-order valence-corrected chi connectivity index (χ2v) is 7.53. The Labute approximate surface area is 166 Å². The molecule has 28 heavy (non-hydrogen) atoms. The summed E-state index contributed by atoms with van der Waals surface area (Å²) in [6.45, 7) is 8.89. The monoisotopic (exact) mass is 390 g/mol. The Kier molecular flexibility index (Phi) is 7.66. The number of aryl methyl sites for hydroxylation is 1. The highest BCUT2D eigenvalue weighted by molar-refractivity contribution is 5.97. The van der Waals surface area contributed by atoms with Crippen LogP contribution in [0.15, 0.2) is 24.3 Å². The highest BCUT2D eigenvalue weighted by Crippen LogP contribution is 2.45. The minimum atomic E-state index is -0.661. The lowest BCUT2D eigenvalue weighted by molar-refractivity contribution is -0.143. The van der Waals surface area contributed by atoms with E-state index in [1.165, 1.54) is 0 Å². The van der Waals surface area contributed by atoms with Crippen LogP contribution in [0.3, 0.4) is 0 Å². The van der Waals surface area contributed by atoms with E-state index in [4.69, 9.17) is 23.7 Å². The highest BCUT2D eigenvalue weighted by Gasteiger charge is 2.28. The molecule has 0 unspecified atom stereocenters. The summed E-state index contributed by atoms with van der Waals surface area (Å²) in [5.74, 6) is 0.928. The van der Waals surface area contributed by atoms with E-state index in [0.717, 1.165) is 16.3 Å². The van der Waals surface area contributed by atoms with Gasteiger partial charge in [-0.3, -0.25) is 4.79 Å². The van der Waals surface area contributed by atoms with Crippen LogP contribution in [0.1, 0.15) is 26.3 Å². The van der Waals surface area contributed by atoms with Crippen molar-refractivity contribution in [2.45, 2.75) is 27.7 Å². The van der Waals surface area contributed by atoms with E-state index in [1.807, 2.05) is 52.0 Å². The first kappa shape index (κ1) is 22.0. The van der Waals surface area contributed by atoms with Crippen LogP contribution in [0.25, 0.3) is 10.8 Å². The average molecular weight is 390 g/mol. The number of hydrogen-bond acceptors (Lipinski definition) is 6. The molecule has 0 aliphatic rings. The van der Waals surface area contributed by atoms with Crippen LogP contribution >= 0.6 is 0 Å². The first-order valence-electron chi connectivity index (χ1n) is 9.31. The highest BCUT2D eigenvalue weighted by atomic mass is 16.6. The molecule has 0 N–H and O–H groups in total. The number of methoxy groups -OCH3 is 2. The number of hydrogen-bond donors (Lipinski definition) is 0. The minimum absolute atomic E-state index is 0.300. The lowest BCUT2D eigenvalue weighted by Crippen LogP contribution is -2.26. The molecule has 0 bridgehead atoms. The number of carbonyl (C=O) groups is 1. The van der Waals surface area contributed by atoms with Gasteiger partial charge in [-0.1, -0.05) is 18.2 Å².